The fourth-order valence-electron chi connectivity index (χ4n) is 1.23. The first-order valence-corrected chi connectivity index (χ1v) is 4.57. The summed E-state index contributed by atoms with van der Waals surface area (Å²) in [5.41, 5.74) is 1.65. The predicted molar refractivity (Wildman–Crippen MR) is 55.7 cm³/mol. The molecule has 0 aliphatic carbocycles. The van der Waals surface area contributed by atoms with Gasteiger partial charge in [-0.05, 0) is 41.5 Å². The Morgan fingerprint density at radius 2 is 1.79 bits per heavy atom. The molecular formula is C12H7ClF. The van der Waals surface area contributed by atoms with Gasteiger partial charge in [-0.3, -0.25) is 0 Å². The van der Waals surface area contributed by atoms with E-state index in [0.717, 1.165) is 11.1 Å². The summed E-state index contributed by atoms with van der Waals surface area (Å²) < 4.78 is 12.9. The van der Waals surface area contributed by atoms with E-state index in [4.69, 9.17) is 11.6 Å². The lowest BCUT2D eigenvalue weighted by Crippen LogP contribution is -1.79. The Labute approximate surface area is 87.0 Å². The van der Waals surface area contributed by atoms with Gasteiger partial charge in [-0.2, -0.15) is 0 Å². The van der Waals surface area contributed by atoms with Crippen molar-refractivity contribution in [1.82, 2.24) is 0 Å². The fourth-order valence-corrected chi connectivity index (χ4v) is 1.36. The molecule has 1 radical (unpaired) electrons. The molecule has 0 saturated carbocycles. The van der Waals surface area contributed by atoms with Crippen LogP contribution in [-0.2, 0) is 0 Å². The topological polar surface area (TPSA) is 0 Å². The van der Waals surface area contributed by atoms with Crippen LogP contribution in [0.15, 0.2) is 42.5 Å². The number of hydrogen-bond donors (Lipinski definition) is 0. The number of rotatable bonds is 1. The molecule has 2 aromatic rings. The third-order valence-electron chi connectivity index (χ3n) is 1.92. The molecule has 0 amide bonds. The molecular weight excluding hydrogens is 199 g/mol. The van der Waals surface area contributed by atoms with Gasteiger partial charge in [-0.1, -0.05) is 29.8 Å². The lowest BCUT2D eigenvalue weighted by molar-refractivity contribution is 0.628. The van der Waals surface area contributed by atoms with Crippen LogP contribution < -0.4 is 0 Å². The van der Waals surface area contributed by atoms with E-state index < -0.39 is 0 Å². The maximum atomic E-state index is 12.9. The highest BCUT2D eigenvalue weighted by molar-refractivity contribution is 6.30. The van der Waals surface area contributed by atoms with Gasteiger partial charge in [-0.25, -0.2) is 4.39 Å². The molecule has 0 aromatic heterocycles. The molecule has 14 heavy (non-hydrogen) atoms. The maximum Gasteiger partial charge on any atom is 0.123 e. The smallest absolute Gasteiger partial charge is 0.123 e. The minimum Gasteiger partial charge on any atom is -0.207 e. The van der Waals surface area contributed by atoms with Gasteiger partial charge >= 0.3 is 0 Å². The monoisotopic (exact) mass is 205 g/mol. The van der Waals surface area contributed by atoms with Crippen molar-refractivity contribution in [2.24, 2.45) is 0 Å². The van der Waals surface area contributed by atoms with Gasteiger partial charge in [0.15, 0.2) is 0 Å². The summed E-state index contributed by atoms with van der Waals surface area (Å²) in [6.07, 6.45) is 0. The molecule has 0 aliphatic rings. The van der Waals surface area contributed by atoms with Crippen molar-refractivity contribution in [1.29, 1.82) is 0 Å². The minimum absolute atomic E-state index is 0.256. The second kappa shape index (κ2) is 3.81. The van der Waals surface area contributed by atoms with E-state index in [1.54, 1.807) is 18.2 Å². The van der Waals surface area contributed by atoms with Crippen LogP contribution in [-0.4, -0.2) is 0 Å². The normalized spacial score (nSPS) is 10.1. The van der Waals surface area contributed by atoms with Crippen LogP contribution >= 0.6 is 11.6 Å². The van der Waals surface area contributed by atoms with E-state index in [2.05, 4.69) is 6.07 Å². The third-order valence-corrected chi connectivity index (χ3v) is 2.17. The number of hydrogen-bond acceptors (Lipinski definition) is 0. The summed E-state index contributed by atoms with van der Waals surface area (Å²) in [4.78, 5) is 0. The second-order valence-corrected chi connectivity index (χ2v) is 3.36. The molecule has 0 bridgehead atoms. The average Bonchev–Trinajstić information content (AvgIpc) is 2.19. The van der Waals surface area contributed by atoms with Gasteiger partial charge in [0, 0.05) is 5.02 Å². The van der Waals surface area contributed by atoms with E-state index in [-0.39, 0.29) is 5.82 Å². The zero-order chi connectivity index (χ0) is 9.97. The van der Waals surface area contributed by atoms with Crippen LogP contribution in [0.2, 0.25) is 5.02 Å². The zero-order valence-corrected chi connectivity index (χ0v) is 8.05. The van der Waals surface area contributed by atoms with Crippen molar-refractivity contribution in [3.05, 3.63) is 59.4 Å². The first kappa shape index (κ1) is 9.22. The van der Waals surface area contributed by atoms with Crippen molar-refractivity contribution in [2.75, 3.05) is 0 Å². The molecule has 0 fully saturated rings. The molecule has 0 atom stereocenters. The molecule has 0 aliphatic heterocycles. The highest BCUT2D eigenvalue weighted by atomic mass is 35.5. The van der Waals surface area contributed by atoms with Gasteiger partial charge < -0.3 is 0 Å². The fraction of sp³-hybridized carbons (Fsp3) is 0. The zero-order valence-electron chi connectivity index (χ0n) is 7.30. The van der Waals surface area contributed by atoms with Gasteiger partial charge in [0.2, 0.25) is 0 Å². The summed E-state index contributed by atoms with van der Waals surface area (Å²) in [6, 6.07) is 14.6. The SMILES string of the molecule is Fc1cc[c]c(-c2ccc(Cl)cc2)c1. The van der Waals surface area contributed by atoms with Crippen molar-refractivity contribution < 1.29 is 4.39 Å². The molecule has 0 spiro atoms. The van der Waals surface area contributed by atoms with Crippen molar-refractivity contribution in [3.63, 3.8) is 0 Å². The summed E-state index contributed by atoms with van der Waals surface area (Å²) in [7, 11) is 0. The van der Waals surface area contributed by atoms with Gasteiger partial charge in [0.25, 0.3) is 0 Å². The van der Waals surface area contributed by atoms with Crippen LogP contribution in [0.4, 0.5) is 4.39 Å². The Kier molecular flexibility index (Phi) is 2.51. The van der Waals surface area contributed by atoms with Crippen molar-refractivity contribution in [3.8, 4) is 11.1 Å². The van der Waals surface area contributed by atoms with Crippen molar-refractivity contribution in [2.45, 2.75) is 0 Å². The van der Waals surface area contributed by atoms with Gasteiger partial charge in [0.05, 0.1) is 0 Å². The van der Waals surface area contributed by atoms with Crippen LogP contribution in [0.5, 0.6) is 0 Å². The standard InChI is InChI=1S/C12H7ClF/c13-11-6-4-9(5-7-11)10-2-1-3-12(14)8-10/h1,3-8H. The Morgan fingerprint density at radius 3 is 2.43 bits per heavy atom. The molecule has 2 rings (SSSR count). The highest BCUT2D eigenvalue weighted by Crippen LogP contribution is 2.21. The highest BCUT2D eigenvalue weighted by Gasteiger charge is 1.98. The maximum absolute atomic E-state index is 12.9. The average molecular weight is 206 g/mol. The number of halogens is 2. The first-order valence-electron chi connectivity index (χ1n) is 4.19. The second-order valence-electron chi connectivity index (χ2n) is 2.93. The van der Waals surface area contributed by atoms with Crippen molar-refractivity contribution >= 4 is 11.6 Å². The Hall–Kier alpha value is -1.34. The first-order chi connectivity index (χ1) is 6.75. The molecule has 0 N–H and O–H groups in total. The molecule has 69 valence electrons. The summed E-state index contributed by atoms with van der Waals surface area (Å²) >= 11 is 5.75. The van der Waals surface area contributed by atoms with E-state index in [1.807, 2.05) is 12.1 Å². The van der Waals surface area contributed by atoms with Crippen LogP contribution in [0.25, 0.3) is 11.1 Å². The van der Waals surface area contributed by atoms with E-state index in [9.17, 15) is 4.39 Å². The quantitative estimate of drug-likeness (QED) is 0.662. The Balaban J connectivity index is 2.44. The lowest BCUT2D eigenvalue weighted by atomic mass is 10.1. The number of benzene rings is 2. The minimum atomic E-state index is -0.256. The molecule has 0 unspecified atom stereocenters. The molecule has 2 heteroatoms. The summed E-state index contributed by atoms with van der Waals surface area (Å²) in [5, 5.41) is 0.671. The van der Waals surface area contributed by atoms with Crippen LogP contribution in [0.1, 0.15) is 0 Å². The Bertz CT molecular complexity index is 434. The van der Waals surface area contributed by atoms with Crippen LogP contribution in [0, 0.1) is 11.9 Å². The third kappa shape index (κ3) is 1.94. The summed E-state index contributed by atoms with van der Waals surface area (Å²) in [5.74, 6) is -0.256. The van der Waals surface area contributed by atoms with E-state index in [1.165, 1.54) is 12.1 Å². The largest absolute Gasteiger partial charge is 0.207 e. The van der Waals surface area contributed by atoms with Crippen LogP contribution in [0.3, 0.4) is 0 Å². The molecule has 2 aromatic carbocycles. The lowest BCUT2D eigenvalue weighted by Gasteiger charge is -2.00. The molecule has 0 saturated heterocycles. The Morgan fingerprint density at radius 1 is 1.07 bits per heavy atom. The molecule has 0 heterocycles. The van der Waals surface area contributed by atoms with E-state index in [0.29, 0.717) is 5.02 Å². The molecule has 0 nitrogen and oxygen atoms in total. The summed E-state index contributed by atoms with van der Waals surface area (Å²) in [6.45, 7) is 0. The van der Waals surface area contributed by atoms with E-state index >= 15 is 0 Å². The van der Waals surface area contributed by atoms with Gasteiger partial charge in [0.1, 0.15) is 5.82 Å². The van der Waals surface area contributed by atoms with Gasteiger partial charge in [-0.15, -0.1) is 0 Å². The predicted octanol–water partition coefficient (Wildman–Crippen LogP) is 3.95.